The van der Waals surface area contributed by atoms with Gasteiger partial charge in [0.1, 0.15) is 0 Å². The third kappa shape index (κ3) is 2.93. The molecule has 0 aliphatic carbocycles. The normalized spacial score (nSPS) is 17.5. The van der Waals surface area contributed by atoms with Crippen molar-refractivity contribution >= 4 is 22.8 Å². The molecule has 0 bridgehead atoms. The average Bonchev–Trinajstić information content (AvgIpc) is 2.64. The van der Waals surface area contributed by atoms with E-state index in [9.17, 15) is 4.79 Å². The maximum absolute atomic E-state index is 11.3. The summed E-state index contributed by atoms with van der Waals surface area (Å²) in [5, 5.41) is 7.28. The topological polar surface area (TPSA) is 66.9 Å². The molecule has 1 unspecified atom stereocenters. The first-order valence-electron chi connectivity index (χ1n) is 8.15. The van der Waals surface area contributed by atoms with Gasteiger partial charge in [0.25, 0.3) is 0 Å². The van der Waals surface area contributed by atoms with Gasteiger partial charge in [0.05, 0.1) is 11.2 Å². The van der Waals surface area contributed by atoms with Crippen molar-refractivity contribution in [2.24, 2.45) is 0 Å². The van der Waals surface area contributed by atoms with Crippen LogP contribution in [0.5, 0.6) is 0 Å². The Labute approximate surface area is 140 Å². The molecule has 4 rings (SSSR count). The van der Waals surface area contributed by atoms with Crippen LogP contribution in [0.3, 0.4) is 0 Å². The molecule has 1 amide bonds. The number of hydrogen-bond donors (Lipinski definition) is 2. The van der Waals surface area contributed by atoms with Crippen LogP contribution in [0.15, 0.2) is 54.6 Å². The summed E-state index contributed by atoms with van der Waals surface area (Å²) < 4.78 is 0. The van der Waals surface area contributed by atoms with Crippen LogP contribution in [0.1, 0.15) is 12.8 Å². The first-order chi connectivity index (χ1) is 11.8. The highest BCUT2D eigenvalue weighted by Crippen LogP contribution is 2.27. The molecule has 2 aromatic carbocycles. The number of fused-ring (bicyclic) bond motifs is 1. The van der Waals surface area contributed by atoms with Gasteiger partial charge in [0.15, 0.2) is 0 Å². The molecule has 0 radical (unpaired) electrons. The number of piperidine rings is 1. The molecule has 0 saturated carbocycles. The minimum atomic E-state index is 0.109. The van der Waals surface area contributed by atoms with Crippen LogP contribution < -0.4 is 10.6 Å². The number of hydrogen-bond acceptors (Lipinski definition) is 4. The van der Waals surface area contributed by atoms with Gasteiger partial charge >= 0.3 is 0 Å². The third-order valence-corrected chi connectivity index (χ3v) is 4.25. The number of rotatable bonds is 3. The van der Waals surface area contributed by atoms with Crippen LogP contribution in [0, 0.1) is 0 Å². The number of amides is 1. The van der Waals surface area contributed by atoms with E-state index in [-0.39, 0.29) is 11.9 Å². The molecule has 2 N–H and O–H groups in total. The Morgan fingerprint density at radius 2 is 1.79 bits per heavy atom. The van der Waals surface area contributed by atoms with E-state index in [2.05, 4.69) is 27.8 Å². The molecule has 5 nitrogen and oxygen atoms in total. The van der Waals surface area contributed by atoms with Crippen molar-refractivity contribution < 1.29 is 4.79 Å². The molecule has 5 heteroatoms. The molecule has 24 heavy (non-hydrogen) atoms. The molecule has 1 aliphatic rings. The maximum Gasteiger partial charge on any atom is 0.224 e. The van der Waals surface area contributed by atoms with Gasteiger partial charge in [-0.25, -0.2) is 9.97 Å². The minimum Gasteiger partial charge on any atom is -0.354 e. The Morgan fingerprint density at radius 1 is 1.00 bits per heavy atom. The predicted molar refractivity (Wildman–Crippen MR) is 94.6 cm³/mol. The fourth-order valence-corrected chi connectivity index (χ4v) is 3.00. The lowest BCUT2D eigenvalue weighted by Crippen LogP contribution is -2.42. The lowest BCUT2D eigenvalue weighted by atomic mass is 10.1. The van der Waals surface area contributed by atoms with Crippen molar-refractivity contribution in [1.29, 1.82) is 0 Å². The second-order valence-corrected chi connectivity index (χ2v) is 5.96. The van der Waals surface area contributed by atoms with Crippen molar-refractivity contribution in [3.8, 4) is 11.3 Å². The van der Waals surface area contributed by atoms with Crippen molar-refractivity contribution in [2.75, 3.05) is 11.9 Å². The van der Waals surface area contributed by atoms with E-state index in [1.807, 2.05) is 42.5 Å². The van der Waals surface area contributed by atoms with Gasteiger partial charge in [-0.1, -0.05) is 48.5 Å². The monoisotopic (exact) mass is 318 g/mol. The van der Waals surface area contributed by atoms with Crippen molar-refractivity contribution in [3.63, 3.8) is 0 Å². The van der Waals surface area contributed by atoms with Crippen LogP contribution in [0.4, 0.5) is 5.95 Å². The minimum absolute atomic E-state index is 0.109. The van der Waals surface area contributed by atoms with E-state index in [1.54, 1.807) is 0 Å². The molecular weight excluding hydrogens is 300 g/mol. The summed E-state index contributed by atoms with van der Waals surface area (Å²) in [7, 11) is 0. The van der Waals surface area contributed by atoms with Crippen molar-refractivity contribution in [3.05, 3.63) is 54.6 Å². The summed E-state index contributed by atoms with van der Waals surface area (Å²) in [4.78, 5) is 20.7. The fraction of sp³-hybridized carbons (Fsp3) is 0.211. The number of nitrogens with one attached hydrogen (secondary N) is 2. The van der Waals surface area contributed by atoms with E-state index in [0.29, 0.717) is 18.9 Å². The van der Waals surface area contributed by atoms with Gasteiger partial charge in [0.2, 0.25) is 11.9 Å². The highest BCUT2D eigenvalue weighted by Gasteiger charge is 2.19. The van der Waals surface area contributed by atoms with Crippen molar-refractivity contribution in [1.82, 2.24) is 15.3 Å². The Balaban J connectivity index is 1.73. The molecule has 1 saturated heterocycles. The van der Waals surface area contributed by atoms with E-state index in [1.165, 1.54) is 0 Å². The summed E-state index contributed by atoms with van der Waals surface area (Å²) >= 11 is 0. The lowest BCUT2D eigenvalue weighted by molar-refractivity contribution is -0.122. The van der Waals surface area contributed by atoms with E-state index >= 15 is 0 Å². The van der Waals surface area contributed by atoms with Gasteiger partial charge in [-0.2, -0.15) is 0 Å². The van der Waals surface area contributed by atoms with Gasteiger partial charge < -0.3 is 10.6 Å². The molecular formula is C19H18N4O. The summed E-state index contributed by atoms with van der Waals surface area (Å²) in [6.45, 7) is 0.607. The van der Waals surface area contributed by atoms with Crippen LogP contribution in [-0.4, -0.2) is 28.5 Å². The Hall–Kier alpha value is -2.95. The standard InChI is InChI=1S/C19H18N4O/c24-17-11-10-14(12-20-17)21-19-22-16-9-5-4-8-15(16)18(23-19)13-6-2-1-3-7-13/h1-9,14H,10-12H2,(H,20,24)(H,21,22,23). The number of aromatic nitrogens is 2. The molecule has 2 heterocycles. The molecule has 1 atom stereocenters. The fourth-order valence-electron chi connectivity index (χ4n) is 3.00. The SMILES string of the molecule is O=C1CCC(Nc2nc(-c3ccccc3)c3ccccc3n2)CN1. The zero-order valence-electron chi connectivity index (χ0n) is 13.2. The molecule has 3 aromatic rings. The number of benzene rings is 2. The van der Waals surface area contributed by atoms with Gasteiger partial charge in [-0.3, -0.25) is 4.79 Å². The van der Waals surface area contributed by atoms with Crippen LogP contribution in [0.2, 0.25) is 0 Å². The quantitative estimate of drug-likeness (QED) is 0.779. The zero-order chi connectivity index (χ0) is 16.4. The Kier molecular flexibility index (Phi) is 3.83. The van der Waals surface area contributed by atoms with Crippen LogP contribution in [0.25, 0.3) is 22.2 Å². The van der Waals surface area contributed by atoms with Gasteiger partial charge in [0, 0.05) is 30.0 Å². The molecule has 1 fully saturated rings. The second-order valence-electron chi connectivity index (χ2n) is 5.96. The highest BCUT2D eigenvalue weighted by atomic mass is 16.1. The second kappa shape index (κ2) is 6.28. The molecule has 120 valence electrons. The third-order valence-electron chi connectivity index (χ3n) is 4.25. The van der Waals surface area contributed by atoms with Gasteiger partial charge in [-0.15, -0.1) is 0 Å². The summed E-state index contributed by atoms with van der Waals surface area (Å²) in [5.41, 5.74) is 2.90. The number of carbonyl (C=O) groups is 1. The predicted octanol–water partition coefficient (Wildman–Crippen LogP) is 2.99. The number of nitrogens with zero attached hydrogens (tertiary/aromatic N) is 2. The van der Waals surface area contributed by atoms with Crippen LogP contribution >= 0.6 is 0 Å². The average molecular weight is 318 g/mol. The summed E-state index contributed by atoms with van der Waals surface area (Å²) in [6, 6.07) is 18.3. The zero-order valence-corrected chi connectivity index (χ0v) is 13.2. The number of carbonyl (C=O) groups excluding carboxylic acids is 1. The first kappa shape index (κ1) is 14.6. The number of anilines is 1. The largest absolute Gasteiger partial charge is 0.354 e. The number of para-hydroxylation sites is 1. The molecule has 1 aliphatic heterocycles. The van der Waals surface area contributed by atoms with E-state index in [4.69, 9.17) is 4.98 Å². The van der Waals surface area contributed by atoms with E-state index < -0.39 is 0 Å². The lowest BCUT2D eigenvalue weighted by Gasteiger charge is -2.23. The summed E-state index contributed by atoms with van der Waals surface area (Å²) in [6.07, 6.45) is 1.33. The highest BCUT2D eigenvalue weighted by molar-refractivity contribution is 5.93. The van der Waals surface area contributed by atoms with Crippen molar-refractivity contribution in [2.45, 2.75) is 18.9 Å². The first-order valence-corrected chi connectivity index (χ1v) is 8.15. The Morgan fingerprint density at radius 3 is 2.58 bits per heavy atom. The smallest absolute Gasteiger partial charge is 0.224 e. The molecule has 1 aromatic heterocycles. The molecule has 0 spiro atoms. The van der Waals surface area contributed by atoms with E-state index in [0.717, 1.165) is 28.6 Å². The van der Waals surface area contributed by atoms with Gasteiger partial charge in [-0.05, 0) is 12.5 Å². The summed E-state index contributed by atoms with van der Waals surface area (Å²) in [5.74, 6) is 0.714. The van der Waals surface area contributed by atoms with Crippen LogP contribution in [-0.2, 0) is 4.79 Å². The Bertz CT molecular complexity index is 869. The maximum atomic E-state index is 11.3.